The number of pyridine rings is 1. The van der Waals surface area contributed by atoms with E-state index < -0.39 is 0 Å². The number of para-hydroxylation sites is 1. The number of rotatable bonds is 7. The average molecular weight is 407 g/mol. The molecule has 0 radical (unpaired) electrons. The van der Waals surface area contributed by atoms with Gasteiger partial charge in [-0.25, -0.2) is 15.0 Å². The number of nitrogens with one attached hydrogen (secondary N) is 1. The van der Waals surface area contributed by atoms with Crippen molar-refractivity contribution < 1.29 is 4.92 Å². The first-order valence-electron chi connectivity index (χ1n) is 10.1. The summed E-state index contributed by atoms with van der Waals surface area (Å²) in [7, 11) is 0. The number of fused-ring (bicyclic) bond motifs is 1. The second-order valence-electron chi connectivity index (χ2n) is 7.40. The van der Waals surface area contributed by atoms with E-state index in [9.17, 15) is 10.1 Å². The second kappa shape index (κ2) is 9.00. The fourth-order valence-electron chi connectivity index (χ4n) is 3.81. The summed E-state index contributed by atoms with van der Waals surface area (Å²) in [6.07, 6.45) is 4.54. The van der Waals surface area contributed by atoms with E-state index in [1.54, 1.807) is 18.5 Å². The number of aromatic nitrogens is 3. The molecule has 0 saturated carbocycles. The molecule has 1 N–H and O–H groups in total. The molecule has 0 spiro atoms. The van der Waals surface area contributed by atoms with Crippen LogP contribution in [0.3, 0.4) is 0 Å². The van der Waals surface area contributed by atoms with Crippen LogP contribution in [-0.2, 0) is 0 Å². The third kappa shape index (κ3) is 4.46. The van der Waals surface area contributed by atoms with Gasteiger partial charge in [0.15, 0.2) is 5.52 Å². The van der Waals surface area contributed by atoms with Gasteiger partial charge in [-0.2, -0.15) is 0 Å². The average Bonchev–Trinajstić information content (AvgIpc) is 2.77. The summed E-state index contributed by atoms with van der Waals surface area (Å²) in [6.45, 7) is 7.48. The number of nitro benzene ring substituents is 1. The van der Waals surface area contributed by atoms with Crippen molar-refractivity contribution in [2.75, 3.05) is 49.5 Å². The van der Waals surface area contributed by atoms with Gasteiger partial charge < -0.3 is 10.2 Å². The van der Waals surface area contributed by atoms with Crippen molar-refractivity contribution in [2.45, 2.75) is 13.3 Å². The molecule has 156 valence electrons. The minimum absolute atomic E-state index is 0.0412. The van der Waals surface area contributed by atoms with Crippen LogP contribution in [0.2, 0.25) is 0 Å². The van der Waals surface area contributed by atoms with Crippen LogP contribution < -0.4 is 10.2 Å². The van der Waals surface area contributed by atoms with E-state index in [0.717, 1.165) is 68.4 Å². The van der Waals surface area contributed by atoms with Crippen molar-refractivity contribution in [3.8, 4) is 0 Å². The van der Waals surface area contributed by atoms with Crippen LogP contribution in [0.1, 0.15) is 12.1 Å². The van der Waals surface area contributed by atoms with Gasteiger partial charge in [0.05, 0.1) is 4.92 Å². The first-order valence-corrected chi connectivity index (χ1v) is 10.1. The Morgan fingerprint density at radius 1 is 1.13 bits per heavy atom. The third-order valence-corrected chi connectivity index (χ3v) is 5.32. The van der Waals surface area contributed by atoms with Crippen molar-refractivity contribution in [1.29, 1.82) is 0 Å². The van der Waals surface area contributed by atoms with E-state index in [4.69, 9.17) is 0 Å². The number of piperazine rings is 1. The molecule has 3 heterocycles. The maximum Gasteiger partial charge on any atom is 0.295 e. The number of anilines is 2. The number of non-ortho nitro benzene ring substituents is 1. The maximum atomic E-state index is 11.3. The zero-order valence-corrected chi connectivity index (χ0v) is 17.0. The molecule has 30 heavy (non-hydrogen) atoms. The Morgan fingerprint density at radius 3 is 2.63 bits per heavy atom. The molecule has 1 aliphatic rings. The summed E-state index contributed by atoms with van der Waals surface area (Å²) in [6, 6.07) is 8.86. The molecular formula is C21H25N7O2. The Balaban J connectivity index is 1.31. The van der Waals surface area contributed by atoms with Crippen LogP contribution >= 0.6 is 0 Å². The van der Waals surface area contributed by atoms with Crippen molar-refractivity contribution in [1.82, 2.24) is 19.9 Å². The molecular weight excluding hydrogens is 382 g/mol. The first kappa shape index (κ1) is 20.0. The number of nitrogens with zero attached hydrogens (tertiary/aromatic N) is 6. The lowest BCUT2D eigenvalue weighted by molar-refractivity contribution is -0.383. The molecule has 0 aliphatic carbocycles. The van der Waals surface area contributed by atoms with Crippen LogP contribution in [0.25, 0.3) is 10.9 Å². The fourth-order valence-corrected chi connectivity index (χ4v) is 3.81. The summed E-state index contributed by atoms with van der Waals surface area (Å²) >= 11 is 0. The molecule has 0 unspecified atom stereocenters. The smallest absolute Gasteiger partial charge is 0.295 e. The Kier molecular flexibility index (Phi) is 5.99. The maximum absolute atomic E-state index is 11.3. The second-order valence-corrected chi connectivity index (χ2v) is 7.40. The molecule has 1 aliphatic heterocycles. The Bertz CT molecular complexity index is 1020. The summed E-state index contributed by atoms with van der Waals surface area (Å²) in [5, 5.41) is 15.5. The highest BCUT2D eigenvalue weighted by Gasteiger charge is 2.18. The lowest BCUT2D eigenvalue weighted by Crippen LogP contribution is -2.47. The standard InChI is InChI=1S/C21H25N7O2/c1-16-15-18(17-5-2-6-19(28(29)30)20(17)25-16)22-9-4-10-26-11-13-27(14-12-26)21-23-7-3-8-24-21/h2-3,5-8,15H,4,9-14H2,1H3,(H,22,25). The highest BCUT2D eigenvalue weighted by molar-refractivity contribution is 5.96. The summed E-state index contributed by atoms with van der Waals surface area (Å²) in [5.41, 5.74) is 2.13. The predicted octanol–water partition coefficient (Wildman–Crippen LogP) is 2.87. The Labute approximate surface area is 174 Å². The quantitative estimate of drug-likeness (QED) is 0.363. The topological polar surface area (TPSA) is 100 Å². The largest absolute Gasteiger partial charge is 0.384 e. The monoisotopic (exact) mass is 407 g/mol. The number of hydrogen-bond donors (Lipinski definition) is 1. The molecule has 9 nitrogen and oxygen atoms in total. The van der Waals surface area contributed by atoms with E-state index >= 15 is 0 Å². The van der Waals surface area contributed by atoms with Gasteiger partial charge in [-0.05, 0) is 32.0 Å². The molecule has 0 bridgehead atoms. The van der Waals surface area contributed by atoms with Gasteiger partial charge >= 0.3 is 0 Å². The number of nitro groups is 1. The summed E-state index contributed by atoms with van der Waals surface area (Å²) in [5.74, 6) is 0.799. The van der Waals surface area contributed by atoms with Gasteiger partial charge in [-0.15, -0.1) is 0 Å². The molecule has 2 aromatic heterocycles. The minimum atomic E-state index is -0.376. The van der Waals surface area contributed by atoms with E-state index in [2.05, 4.69) is 30.1 Å². The van der Waals surface area contributed by atoms with Gasteiger partial charge in [0.25, 0.3) is 5.69 Å². The van der Waals surface area contributed by atoms with Crippen LogP contribution in [0.5, 0.6) is 0 Å². The van der Waals surface area contributed by atoms with Crippen LogP contribution in [0, 0.1) is 17.0 Å². The molecule has 0 atom stereocenters. The lowest BCUT2D eigenvalue weighted by atomic mass is 10.1. The van der Waals surface area contributed by atoms with E-state index in [1.165, 1.54) is 6.07 Å². The number of hydrogen-bond acceptors (Lipinski definition) is 8. The van der Waals surface area contributed by atoms with Gasteiger partial charge in [-0.3, -0.25) is 15.0 Å². The fraction of sp³-hybridized carbons (Fsp3) is 0.381. The molecule has 4 rings (SSSR count). The predicted molar refractivity (Wildman–Crippen MR) is 117 cm³/mol. The van der Waals surface area contributed by atoms with E-state index in [-0.39, 0.29) is 10.6 Å². The van der Waals surface area contributed by atoms with Crippen molar-refractivity contribution in [3.05, 3.63) is 58.5 Å². The zero-order valence-electron chi connectivity index (χ0n) is 17.0. The first-order chi connectivity index (χ1) is 14.6. The molecule has 0 amide bonds. The minimum Gasteiger partial charge on any atom is -0.384 e. The molecule has 1 fully saturated rings. The highest BCUT2D eigenvalue weighted by Crippen LogP contribution is 2.29. The number of benzene rings is 1. The van der Waals surface area contributed by atoms with Crippen LogP contribution in [0.15, 0.2) is 42.7 Å². The van der Waals surface area contributed by atoms with Crippen LogP contribution in [0.4, 0.5) is 17.3 Å². The van der Waals surface area contributed by atoms with Gasteiger partial charge in [0.1, 0.15) is 0 Å². The molecule has 1 aromatic carbocycles. The summed E-state index contributed by atoms with van der Waals surface area (Å²) < 4.78 is 0. The summed E-state index contributed by atoms with van der Waals surface area (Å²) in [4.78, 5) is 28.6. The van der Waals surface area contributed by atoms with Crippen LogP contribution in [-0.4, -0.2) is 64.0 Å². The van der Waals surface area contributed by atoms with E-state index in [1.807, 2.05) is 25.1 Å². The SMILES string of the molecule is Cc1cc(NCCCN2CCN(c3ncccn3)CC2)c2cccc([N+](=O)[O-])c2n1. The third-order valence-electron chi connectivity index (χ3n) is 5.32. The molecule has 3 aromatic rings. The normalized spacial score (nSPS) is 14.8. The van der Waals surface area contributed by atoms with Gasteiger partial charge in [0.2, 0.25) is 5.95 Å². The Hall–Kier alpha value is -3.33. The lowest BCUT2D eigenvalue weighted by Gasteiger charge is -2.34. The van der Waals surface area contributed by atoms with Crippen molar-refractivity contribution >= 4 is 28.2 Å². The van der Waals surface area contributed by atoms with E-state index in [0.29, 0.717) is 5.52 Å². The molecule has 9 heteroatoms. The molecule has 1 saturated heterocycles. The van der Waals surface area contributed by atoms with Crippen molar-refractivity contribution in [3.63, 3.8) is 0 Å². The van der Waals surface area contributed by atoms with Crippen molar-refractivity contribution in [2.24, 2.45) is 0 Å². The number of aryl methyl sites for hydroxylation is 1. The zero-order chi connectivity index (χ0) is 20.9. The highest BCUT2D eigenvalue weighted by atomic mass is 16.6. The Morgan fingerprint density at radius 2 is 1.90 bits per heavy atom. The van der Waals surface area contributed by atoms with Gasteiger partial charge in [0, 0.05) is 68.0 Å². The van der Waals surface area contributed by atoms with Gasteiger partial charge in [-0.1, -0.05) is 12.1 Å².